The summed E-state index contributed by atoms with van der Waals surface area (Å²) in [6.07, 6.45) is 0. The number of carbonyl (C=O) groups excluding carboxylic acids is 1. The van der Waals surface area contributed by atoms with Crippen molar-refractivity contribution in [1.82, 2.24) is 0 Å². The Balaban J connectivity index is 2.89. The minimum Gasteiger partial charge on any atom is -0.294 e. The third kappa shape index (κ3) is 1.25. The van der Waals surface area contributed by atoms with Gasteiger partial charge in [-0.05, 0) is 19.9 Å². The van der Waals surface area contributed by atoms with E-state index in [0.29, 0.717) is 11.1 Å². The van der Waals surface area contributed by atoms with Crippen molar-refractivity contribution in [1.29, 1.82) is 0 Å². The number of Topliss-reactive ketones (excluding diaryl/α,β-unsaturated/α-hetero) is 1. The van der Waals surface area contributed by atoms with Gasteiger partial charge in [0.25, 0.3) is 0 Å². The van der Waals surface area contributed by atoms with E-state index in [2.05, 4.69) is 0 Å². The lowest BCUT2D eigenvalue weighted by molar-refractivity contribution is -0.111. The minimum atomic E-state index is -3.42. The molecule has 2 rings (SSSR count). The first-order valence-electron chi connectivity index (χ1n) is 4.52. The summed E-state index contributed by atoms with van der Waals surface area (Å²) in [5, 5.41) is 0. The lowest BCUT2D eigenvalue weighted by Crippen LogP contribution is -1.98. The number of sulfone groups is 1. The predicted molar refractivity (Wildman–Crippen MR) is 56.9 cm³/mol. The molecule has 0 spiro atoms. The van der Waals surface area contributed by atoms with Crippen molar-refractivity contribution in [3.05, 3.63) is 34.7 Å². The molecular weight excluding hydrogens is 212 g/mol. The fraction of sp³-hybridized carbons (Fsp3) is 0.182. The molecule has 0 aliphatic carbocycles. The third-order valence-electron chi connectivity index (χ3n) is 2.55. The normalized spacial score (nSPS) is 17.7. The van der Waals surface area contributed by atoms with E-state index in [-0.39, 0.29) is 15.6 Å². The van der Waals surface area contributed by atoms with Gasteiger partial charge in [-0.1, -0.05) is 18.2 Å². The zero-order chi connectivity index (χ0) is 11.2. The van der Waals surface area contributed by atoms with Crippen LogP contribution in [0, 0.1) is 0 Å². The molecule has 3 nitrogen and oxygen atoms in total. The highest BCUT2D eigenvalue weighted by atomic mass is 32.2. The summed E-state index contributed by atoms with van der Waals surface area (Å²) >= 11 is 0. The van der Waals surface area contributed by atoms with Crippen LogP contribution >= 0.6 is 0 Å². The maximum atomic E-state index is 11.9. The smallest absolute Gasteiger partial charge is 0.203 e. The quantitative estimate of drug-likeness (QED) is 0.728. The van der Waals surface area contributed by atoms with Crippen molar-refractivity contribution in [2.75, 3.05) is 0 Å². The van der Waals surface area contributed by atoms with E-state index in [1.54, 1.807) is 18.2 Å². The number of rotatable bonds is 1. The maximum absolute atomic E-state index is 11.9. The predicted octanol–water partition coefficient (Wildman–Crippen LogP) is 1.79. The molecule has 4 heteroatoms. The van der Waals surface area contributed by atoms with Crippen molar-refractivity contribution < 1.29 is 13.2 Å². The molecule has 0 unspecified atom stereocenters. The van der Waals surface area contributed by atoms with E-state index in [4.69, 9.17) is 0 Å². The summed E-state index contributed by atoms with van der Waals surface area (Å²) < 4.78 is 23.8. The van der Waals surface area contributed by atoms with Crippen LogP contribution in [0.4, 0.5) is 0 Å². The highest BCUT2D eigenvalue weighted by Gasteiger charge is 2.33. The van der Waals surface area contributed by atoms with Crippen molar-refractivity contribution in [3.8, 4) is 0 Å². The van der Waals surface area contributed by atoms with Crippen LogP contribution in [0.1, 0.15) is 19.4 Å². The van der Waals surface area contributed by atoms with Crippen LogP contribution in [0.25, 0.3) is 5.57 Å². The van der Waals surface area contributed by atoms with Crippen LogP contribution in [0.15, 0.2) is 34.1 Å². The first-order valence-corrected chi connectivity index (χ1v) is 6.01. The minimum absolute atomic E-state index is 0.163. The Bertz CT molecular complexity index is 580. The Morgan fingerprint density at radius 1 is 1.20 bits per heavy atom. The molecule has 0 bridgehead atoms. The van der Waals surface area contributed by atoms with E-state index >= 15 is 0 Å². The van der Waals surface area contributed by atoms with E-state index in [1.165, 1.54) is 19.9 Å². The van der Waals surface area contributed by atoms with Gasteiger partial charge in [0.2, 0.25) is 9.84 Å². The summed E-state index contributed by atoms with van der Waals surface area (Å²) in [6.45, 7) is 2.86. The molecule has 15 heavy (non-hydrogen) atoms. The number of allylic oxidation sites excluding steroid dienone is 2. The lowest BCUT2D eigenvalue weighted by Gasteiger charge is -1.98. The van der Waals surface area contributed by atoms with Gasteiger partial charge >= 0.3 is 0 Å². The van der Waals surface area contributed by atoms with Gasteiger partial charge in [-0.25, -0.2) is 8.42 Å². The van der Waals surface area contributed by atoms with Gasteiger partial charge in [-0.3, -0.25) is 4.79 Å². The highest BCUT2D eigenvalue weighted by molar-refractivity contribution is 7.96. The molecule has 1 aliphatic heterocycles. The van der Waals surface area contributed by atoms with Gasteiger partial charge in [-0.2, -0.15) is 0 Å². The number of ketones is 1. The fourth-order valence-electron chi connectivity index (χ4n) is 1.83. The molecule has 0 aromatic heterocycles. The summed E-state index contributed by atoms with van der Waals surface area (Å²) in [7, 11) is -3.42. The monoisotopic (exact) mass is 222 g/mol. The first kappa shape index (κ1) is 10.1. The zero-order valence-electron chi connectivity index (χ0n) is 8.44. The molecule has 0 atom stereocenters. The van der Waals surface area contributed by atoms with Gasteiger partial charge in [0.15, 0.2) is 5.78 Å². The van der Waals surface area contributed by atoms with E-state index in [0.717, 1.165) is 0 Å². The summed E-state index contributed by atoms with van der Waals surface area (Å²) in [5.41, 5.74) is 0.855. The van der Waals surface area contributed by atoms with E-state index < -0.39 is 9.84 Å². The number of carbonyl (C=O) groups is 1. The third-order valence-corrected chi connectivity index (χ3v) is 4.50. The van der Waals surface area contributed by atoms with Crippen molar-refractivity contribution in [3.63, 3.8) is 0 Å². The van der Waals surface area contributed by atoms with Gasteiger partial charge < -0.3 is 0 Å². The molecule has 0 saturated carbocycles. The van der Waals surface area contributed by atoms with Crippen LogP contribution in [0.5, 0.6) is 0 Å². The van der Waals surface area contributed by atoms with Crippen LogP contribution in [-0.2, 0) is 14.6 Å². The maximum Gasteiger partial charge on any atom is 0.203 e. The number of benzene rings is 1. The Kier molecular flexibility index (Phi) is 2.04. The van der Waals surface area contributed by atoms with Crippen LogP contribution < -0.4 is 0 Å². The second-order valence-corrected chi connectivity index (χ2v) is 5.55. The Hall–Kier alpha value is -1.42. The number of hydrogen-bond donors (Lipinski definition) is 0. The Morgan fingerprint density at radius 3 is 2.40 bits per heavy atom. The molecular formula is C11H10O3S. The van der Waals surface area contributed by atoms with Crippen molar-refractivity contribution in [2.45, 2.75) is 18.7 Å². The molecule has 1 heterocycles. The Morgan fingerprint density at radius 2 is 1.80 bits per heavy atom. The van der Waals surface area contributed by atoms with Crippen molar-refractivity contribution in [2.24, 2.45) is 0 Å². The standard InChI is InChI=1S/C11H10O3S/c1-7(12)11-8(2)15(13,14)10-6-4-3-5-9(10)11/h3-6H,1-2H3. The summed E-state index contributed by atoms with van der Waals surface area (Å²) in [6, 6.07) is 6.59. The topological polar surface area (TPSA) is 51.2 Å². The van der Waals surface area contributed by atoms with E-state index in [9.17, 15) is 13.2 Å². The van der Waals surface area contributed by atoms with Gasteiger partial charge in [-0.15, -0.1) is 0 Å². The molecule has 0 saturated heterocycles. The lowest BCUT2D eigenvalue weighted by atomic mass is 10.0. The molecule has 1 aromatic rings. The average Bonchev–Trinajstić information content (AvgIpc) is 2.36. The second-order valence-electron chi connectivity index (χ2n) is 3.49. The molecule has 0 fully saturated rings. The number of hydrogen-bond acceptors (Lipinski definition) is 3. The van der Waals surface area contributed by atoms with Crippen molar-refractivity contribution >= 4 is 21.2 Å². The van der Waals surface area contributed by atoms with Crippen LogP contribution in [0.3, 0.4) is 0 Å². The highest BCUT2D eigenvalue weighted by Crippen LogP contribution is 2.38. The van der Waals surface area contributed by atoms with Gasteiger partial charge in [0.1, 0.15) is 0 Å². The van der Waals surface area contributed by atoms with Gasteiger partial charge in [0, 0.05) is 11.1 Å². The van der Waals surface area contributed by atoms with Crippen LogP contribution in [0.2, 0.25) is 0 Å². The average molecular weight is 222 g/mol. The van der Waals surface area contributed by atoms with E-state index in [1.807, 2.05) is 0 Å². The molecule has 0 N–H and O–H groups in total. The largest absolute Gasteiger partial charge is 0.294 e. The molecule has 0 amide bonds. The summed E-state index contributed by atoms with van der Waals surface area (Å²) in [4.78, 5) is 11.8. The first-order chi connectivity index (χ1) is 6.96. The van der Waals surface area contributed by atoms with Crippen LogP contribution in [-0.4, -0.2) is 14.2 Å². The molecule has 0 radical (unpaired) electrons. The molecule has 1 aromatic carbocycles. The van der Waals surface area contributed by atoms with Gasteiger partial charge in [0.05, 0.1) is 9.80 Å². The summed E-state index contributed by atoms with van der Waals surface area (Å²) in [5.74, 6) is -0.207. The second kappa shape index (κ2) is 3.03. The molecule has 78 valence electrons. The SMILES string of the molecule is CC(=O)C1=C(C)S(=O)(=O)c2ccccc21. The fourth-order valence-corrected chi connectivity index (χ4v) is 3.40. The zero-order valence-corrected chi connectivity index (χ0v) is 9.26. The molecule has 1 aliphatic rings. The Labute approximate surface area is 88.3 Å². The number of fused-ring (bicyclic) bond motifs is 1.